The number of rotatable bonds is 7. The molecule has 0 aliphatic rings. The first-order valence-corrected chi connectivity index (χ1v) is 7.06. The van der Waals surface area contributed by atoms with Crippen LogP contribution in [0.15, 0.2) is 31.0 Å². The van der Waals surface area contributed by atoms with E-state index in [4.69, 9.17) is 4.74 Å². The molecule has 1 atom stereocenters. The summed E-state index contributed by atoms with van der Waals surface area (Å²) in [6.07, 6.45) is 3.89. The molecule has 9 heteroatoms. The van der Waals surface area contributed by atoms with Crippen LogP contribution in [0.4, 0.5) is 4.79 Å². The Hall–Kier alpha value is -2.52. The van der Waals surface area contributed by atoms with Gasteiger partial charge in [0.15, 0.2) is 5.82 Å². The van der Waals surface area contributed by atoms with Gasteiger partial charge in [0.1, 0.15) is 12.7 Å². The van der Waals surface area contributed by atoms with Gasteiger partial charge in [-0.25, -0.2) is 19.4 Å². The highest BCUT2D eigenvalue weighted by Crippen LogP contribution is 2.09. The molecule has 0 fully saturated rings. The Bertz CT molecular complexity index is 619. The highest BCUT2D eigenvalue weighted by Gasteiger charge is 2.14. The average Bonchev–Trinajstić information content (AvgIpc) is 3.07. The van der Waals surface area contributed by atoms with Crippen LogP contribution in [-0.4, -0.2) is 69.2 Å². The molecule has 0 aromatic carbocycles. The van der Waals surface area contributed by atoms with Crippen LogP contribution in [0, 0.1) is 0 Å². The van der Waals surface area contributed by atoms with Crippen molar-refractivity contribution in [1.29, 1.82) is 0 Å². The fraction of sp³-hybridized carbons (Fsp3) is 0.429. The van der Waals surface area contributed by atoms with Crippen LogP contribution >= 0.6 is 0 Å². The summed E-state index contributed by atoms with van der Waals surface area (Å²) in [5, 5.41) is 16.5. The topological polar surface area (TPSA) is 105 Å². The van der Waals surface area contributed by atoms with E-state index < -0.39 is 6.10 Å². The Morgan fingerprint density at radius 1 is 1.57 bits per heavy atom. The highest BCUT2D eigenvalue weighted by molar-refractivity contribution is 5.73. The molecule has 9 nitrogen and oxygen atoms in total. The van der Waals surface area contributed by atoms with Crippen molar-refractivity contribution in [3.05, 3.63) is 36.5 Å². The van der Waals surface area contributed by atoms with E-state index in [0.717, 1.165) is 5.56 Å². The summed E-state index contributed by atoms with van der Waals surface area (Å²) < 4.78 is 6.37. The van der Waals surface area contributed by atoms with Gasteiger partial charge in [-0.2, -0.15) is 5.10 Å². The standard InChI is InChI=1S/C14H20N6O3/c1-19(7-12(21)8-23-2)14(22)17-6-11-4-3-5-16-13(11)20-10-15-9-18-20/h3-5,9-10,12,21H,6-8H2,1-2H3,(H,17,22)/t12-/m1/s1. The molecule has 0 radical (unpaired) electrons. The Morgan fingerprint density at radius 2 is 2.39 bits per heavy atom. The van der Waals surface area contributed by atoms with Gasteiger partial charge < -0.3 is 20.1 Å². The summed E-state index contributed by atoms with van der Waals surface area (Å²) in [5.41, 5.74) is 0.803. The lowest BCUT2D eigenvalue weighted by Crippen LogP contribution is -2.42. The number of urea groups is 1. The number of amides is 2. The number of carbonyl (C=O) groups is 1. The Labute approximate surface area is 133 Å². The minimum atomic E-state index is -0.722. The number of likely N-dealkylation sites (N-methyl/N-ethyl adjacent to an activating group) is 1. The summed E-state index contributed by atoms with van der Waals surface area (Å²) in [4.78, 5) is 21.6. The molecule has 2 rings (SSSR count). The predicted octanol–water partition coefficient (Wildman–Crippen LogP) is -0.189. The second kappa shape index (κ2) is 8.20. The highest BCUT2D eigenvalue weighted by atomic mass is 16.5. The molecule has 0 unspecified atom stereocenters. The number of nitrogens with zero attached hydrogens (tertiary/aromatic N) is 5. The lowest BCUT2D eigenvalue weighted by Gasteiger charge is -2.21. The molecule has 2 aromatic rings. The van der Waals surface area contributed by atoms with E-state index >= 15 is 0 Å². The third-order valence-electron chi connectivity index (χ3n) is 3.12. The van der Waals surface area contributed by atoms with Gasteiger partial charge in [0.2, 0.25) is 0 Å². The summed E-state index contributed by atoms with van der Waals surface area (Å²) in [6, 6.07) is 3.34. The molecule has 124 valence electrons. The van der Waals surface area contributed by atoms with Crippen molar-refractivity contribution >= 4 is 6.03 Å². The Kier molecular flexibility index (Phi) is 6.01. The van der Waals surface area contributed by atoms with Crippen molar-refractivity contribution in [3.63, 3.8) is 0 Å². The molecule has 0 aliphatic carbocycles. The first-order chi connectivity index (χ1) is 11.1. The van der Waals surface area contributed by atoms with Crippen molar-refractivity contribution in [2.75, 3.05) is 27.3 Å². The number of aliphatic hydroxyl groups excluding tert-OH is 1. The lowest BCUT2D eigenvalue weighted by molar-refractivity contribution is 0.0489. The maximum atomic E-state index is 12.1. The van der Waals surface area contributed by atoms with E-state index in [1.807, 2.05) is 6.07 Å². The third kappa shape index (κ3) is 4.73. The van der Waals surface area contributed by atoms with Crippen molar-refractivity contribution < 1.29 is 14.6 Å². The van der Waals surface area contributed by atoms with Gasteiger partial charge in [-0.05, 0) is 6.07 Å². The maximum absolute atomic E-state index is 12.1. The number of hydrogen-bond donors (Lipinski definition) is 2. The van der Waals surface area contributed by atoms with Crippen molar-refractivity contribution in [2.45, 2.75) is 12.6 Å². The molecule has 2 N–H and O–H groups in total. The lowest BCUT2D eigenvalue weighted by atomic mass is 10.2. The van der Waals surface area contributed by atoms with Gasteiger partial charge in [0.05, 0.1) is 19.3 Å². The van der Waals surface area contributed by atoms with Gasteiger partial charge in [-0.15, -0.1) is 0 Å². The van der Waals surface area contributed by atoms with Gasteiger partial charge in [-0.3, -0.25) is 0 Å². The van der Waals surface area contributed by atoms with E-state index in [1.54, 1.807) is 25.6 Å². The molecular weight excluding hydrogens is 300 g/mol. The van der Waals surface area contributed by atoms with Gasteiger partial charge in [0, 0.05) is 32.5 Å². The predicted molar refractivity (Wildman–Crippen MR) is 81.9 cm³/mol. The van der Waals surface area contributed by atoms with Gasteiger partial charge in [0.25, 0.3) is 0 Å². The number of carbonyl (C=O) groups excluding carboxylic acids is 1. The van der Waals surface area contributed by atoms with E-state index in [-0.39, 0.29) is 25.7 Å². The van der Waals surface area contributed by atoms with E-state index in [1.165, 1.54) is 23.0 Å². The zero-order valence-corrected chi connectivity index (χ0v) is 13.1. The SMILES string of the molecule is COC[C@H](O)CN(C)C(=O)NCc1cccnc1-n1cncn1. The van der Waals surface area contributed by atoms with E-state index in [2.05, 4.69) is 20.4 Å². The third-order valence-corrected chi connectivity index (χ3v) is 3.12. The van der Waals surface area contributed by atoms with Crippen molar-refractivity contribution in [2.24, 2.45) is 0 Å². The fourth-order valence-corrected chi connectivity index (χ4v) is 2.04. The molecular formula is C14H20N6O3. The molecule has 0 saturated heterocycles. The summed E-state index contributed by atoms with van der Waals surface area (Å²) in [7, 11) is 3.10. The first-order valence-electron chi connectivity index (χ1n) is 7.06. The molecule has 0 spiro atoms. The minimum Gasteiger partial charge on any atom is -0.389 e. The monoisotopic (exact) mass is 320 g/mol. The average molecular weight is 320 g/mol. The number of hydrogen-bond acceptors (Lipinski definition) is 6. The van der Waals surface area contributed by atoms with E-state index in [0.29, 0.717) is 5.82 Å². The van der Waals surface area contributed by atoms with Crippen LogP contribution in [0.2, 0.25) is 0 Å². The Morgan fingerprint density at radius 3 is 3.09 bits per heavy atom. The second-order valence-electron chi connectivity index (χ2n) is 4.97. The van der Waals surface area contributed by atoms with Crippen LogP contribution in [0.1, 0.15) is 5.56 Å². The number of pyridine rings is 1. The van der Waals surface area contributed by atoms with Crippen LogP contribution in [0.5, 0.6) is 0 Å². The van der Waals surface area contributed by atoms with Crippen LogP contribution in [0.25, 0.3) is 5.82 Å². The summed E-state index contributed by atoms with van der Waals surface area (Å²) in [5.74, 6) is 0.604. The molecule has 0 aliphatic heterocycles. The molecule has 0 saturated carbocycles. The molecule has 2 amide bonds. The number of ether oxygens (including phenoxy) is 1. The number of aromatic nitrogens is 4. The quantitative estimate of drug-likeness (QED) is 0.732. The van der Waals surface area contributed by atoms with Gasteiger partial charge in [-0.1, -0.05) is 6.07 Å². The zero-order chi connectivity index (χ0) is 16.7. The van der Waals surface area contributed by atoms with Crippen LogP contribution in [-0.2, 0) is 11.3 Å². The number of nitrogens with one attached hydrogen (secondary N) is 1. The fourth-order valence-electron chi connectivity index (χ4n) is 2.04. The van der Waals surface area contributed by atoms with Crippen LogP contribution < -0.4 is 5.32 Å². The largest absolute Gasteiger partial charge is 0.389 e. The van der Waals surface area contributed by atoms with Crippen molar-refractivity contribution in [3.8, 4) is 5.82 Å². The van der Waals surface area contributed by atoms with Gasteiger partial charge >= 0.3 is 6.03 Å². The summed E-state index contributed by atoms with van der Waals surface area (Å²) in [6.45, 7) is 0.645. The molecule has 0 bridgehead atoms. The first kappa shape index (κ1) is 16.8. The number of methoxy groups -OCH3 is 1. The maximum Gasteiger partial charge on any atom is 0.317 e. The smallest absolute Gasteiger partial charge is 0.317 e. The summed E-state index contributed by atoms with van der Waals surface area (Å²) >= 11 is 0. The molecule has 23 heavy (non-hydrogen) atoms. The zero-order valence-electron chi connectivity index (χ0n) is 13.1. The Balaban J connectivity index is 1.95. The second-order valence-corrected chi connectivity index (χ2v) is 4.97. The molecule has 2 aromatic heterocycles. The number of aliphatic hydroxyl groups is 1. The van der Waals surface area contributed by atoms with Crippen LogP contribution in [0.3, 0.4) is 0 Å². The minimum absolute atomic E-state index is 0.177. The van der Waals surface area contributed by atoms with E-state index in [9.17, 15) is 9.90 Å². The van der Waals surface area contributed by atoms with Crippen molar-refractivity contribution in [1.82, 2.24) is 30.0 Å². The molecule has 2 heterocycles. The normalized spacial score (nSPS) is 12.0.